The van der Waals surface area contributed by atoms with E-state index in [0.29, 0.717) is 12.6 Å². The van der Waals surface area contributed by atoms with Gasteiger partial charge in [-0.05, 0) is 31.5 Å². The second-order valence-electron chi connectivity index (χ2n) is 4.65. The molecule has 5 heteroatoms. The number of phenolic OH excluding ortho intramolecular Hbond substituents is 2. The molecule has 18 heavy (non-hydrogen) atoms. The first-order valence-electron chi connectivity index (χ1n) is 6.09. The summed E-state index contributed by atoms with van der Waals surface area (Å²) in [4.78, 5) is 13.7. The average molecular weight is 250 g/mol. The molecule has 1 unspecified atom stereocenters. The van der Waals surface area contributed by atoms with Crippen LogP contribution in [0.4, 0.5) is 0 Å². The lowest BCUT2D eigenvalue weighted by molar-refractivity contribution is 0.0777. The van der Waals surface area contributed by atoms with Crippen molar-refractivity contribution >= 4 is 5.91 Å². The molecule has 0 aromatic heterocycles. The molecule has 1 fully saturated rings. The van der Waals surface area contributed by atoms with E-state index in [0.717, 1.165) is 19.4 Å². The third-order valence-corrected chi connectivity index (χ3v) is 3.24. The number of nitrogens with zero attached hydrogens (tertiary/aromatic N) is 1. The molecule has 0 spiro atoms. The van der Waals surface area contributed by atoms with Crippen LogP contribution in [-0.4, -0.2) is 47.2 Å². The molecule has 98 valence electrons. The molecule has 0 saturated carbocycles. The second kappa shape index (κ2) is 5.27. The standard InChI is InChI=1S/C13H18N2O3/c1-15(8-9-4-3-7-14-9)13(18)12-10(16)5-2-6-11(12)17/h2,5-6,9,14,16-17H,3-4,7-8H2,1H3. The lowest BCUT2D eigenvalue weighted by Crippen LogP contribution is -2.38. The van der Waals surface area contributed by atoms with E-state index in [4.69, 9.17) is 0 Å². The zero-order chi connectivity index (χ0) is 13.1. The highest BCUT2D eigenvalue weighted by atomic mass is 16.3. The Kier molecular flexibility index (Phi) is 3.72. The van der Waals surface area contributed by atoms with Gasteiger partial charge < -0.3 is 20.4 Å². The quantitative estimate of drug-likeness (QED) is 0.746. The first-order valence-corrected chi connectivity index (χ1v) is 6.09. The summed E-state index contributed by atoms with van der Waals surface area (Å²) in [7, 11) is 1.67. The predicted octanol–water partition coefficient (Wildman–Crippen LogP) is 0.922. The summed E-state index contributed by atoms with van der Waals surface area (Å²) in [6, 6.07) is 4.59. The number of nitrogens with one attached hydrogen (secondary N) is 1. The molecule has 1 atom stereocenters. The fourth-order valence-electron chi connectivity index (χ4n) is 2.26. The largest absolute Gasteiger partial charge is 0.507 e. The number of likely N-dealkylation sites (N-methyl/N-ethyl adjacent to an activating group) is 1. The van der Waals surface area contributed by atoms with Crippen molar-refractivity contribution in [2.75, 3.05) is 20.1 Å². The Bertz CT molecular complexity index is 422. The van der Waals surface area contributed by atoms with Crippen LogP contribution in [0.5, 0.6) is 11.5 Å². The van der Waals surface area contributed by atoms with E-state index in [9.17, 15) is 15.0 Å². The molecular formula is C13H18N2O3. The molecule has 0 bridgehead atoms. The van der Waals surface area contributed by atoms with Crippen molar-refractivity contribution in [1.29, 1.82) is 0 Å². The van der Waals surface area contributed by atoms with Crippen molar-refractivity contribution in [2.24, 2.45) is 0 Å². The summed E-state index contributed by atoms with van der Waals surface area (Å²) in [6.45, 7) is 1.56. The minimum absolute atomic E-state index is 0.0296. The monoisotopic (exact) mass is 250 g/mol. The highest BCUT2D eigenvalue weighted by molar-refractivity contribution is 5.99. The highest BCUT2D eigenvalue weighted by Gasteiger charge is 2.23. The molecule has 1 heterocycles. The molecule has 1 aliphatic rings. The average Bonchev–Trinajstić information content (AvgIpc) is 2.81. The van der Waals surface area contributed by atoms with Crippen molar-refractivity contribution in [1.82, 2.24) is 10.2 Å². The fourth-order valence-corrected chi connectivity index (χ4v) is 2.26. The molecule has 5 nitrogen and oxygen atoms in total. The van der Waals surface area contributed by atoms with Gasteiger partial charge in [-0.2, -0.15) is 0 Å². The Balaban J connectivity index is 2.10. The van der Waals surface area contributed by atoms with Gasteiger partial charge in [0.05, 0.1) is 0 Å². The zero-order valence-corrected chi connectivity index (χ0v) is 10.4. The lowest BCUT2D eigenvalue weighted by atomic mass is 10.1. The van der Waals surface area contributed by atoms with Gasteiger partial charge in [0, 0.05) is 19.6 Å². The first kappa shape index (κ1) is 12.7. The van der Waals surface area contributed by atoms with Crippen LogP contribution < -0.4 is 5.32 Å². The molecular weight excluding hydrogens is 232 g/mol. The van der Waals surface area contributed by atoms with E-state index in [1.165, 1.54) is 23.1 Å². The van der Waals surface area contributed by atoms with E-state index in [1.807, 2.05) is 0 Å². The van der Waals surface area contributed by atoms with E-state index in [2.05, 4.69) is 5.32 Å². The van der Waals surface area contributed by atoms with Crippen molar-refractivity contribution in [3.05, 3.63) is 23.8 Å². The van der Waals surface area contributed by atoms with E-state index in [-0.39, 0.29) is 23.0 Å². The number of hydrogen-bond acceptors (Lipinski definition) is 4. The smallest absolute Gasteiger partial charge is 0.261 e. The van der Waals surface area contributed by atoms with Crippen molar-refractivity contribution in [3.8, 4) is 11.5 Å². The Morgan fingerprint density at radius 2 is 2.11 bits per heavy atom. The van der Waals surface area contributed by atoms with Crippen LogP contribution in [0.1, 0.15) is 23.2 Å². The van der Waals surface area contributed by atoms with E-state index in [1.54, 1.807) is 7.05 Å². The number of aromatic hydroxyl groups is 2. The van der Waals surface area contributed by atoms with Crippen molar-refractivity contribution in [2.45, 2.75) is 18.9 Å². The Hall–Kier alpha value is -1.75. The number of carbonyl (C=O) groups is 1. The van der Waals surface area contributed by atoms with Gasteiger partial charge in [0.2, 0.25) is 0 Å². The van der Waals surface area contributed by atoms with Crippen LogP contribution >= 0.6 is 0 Å². The molecule has 1 saturated heterocycles. The summed E-state index contributed by atoms with van der Waals surface area (Å²) in [6.07, 6.45) is 2.17. The van der Waals surface area contributed by atoms with Gasteiger partial charge in [-0.1, -0.05) is 6.07 Å². The van der Waals surface area contributed by atoms with Crippen LogP contribution in [0, 0.1) is 0 Å². The lowest BCUT2D eigenvalue weighted by Gasteiger charge is -2.22. The number of rotatable bonds is 3. The number of phenols is 2. The van der Waals surface area contributed by atoms with Gasteiger partial charge in [0.15, 0.2) is 0 Å². The summed E-state index contributed by atoms with van der Waals surface area (Å²) in [5, 5.41) is 22.6. The third-order valence-electron chi connectivity index (χ3n) is 3.24. The molecule has 1 aliphatic heterocycles. The highest BCUT2D eigenvalue weighted by Crippen LogP contribution is 2.27. The molecule has 0 radical (unpaired) electrons. The zero-order valence-electron chi connectivity index (χ0n) is 10.4. The maximum atomic E-state index is 12.2. The maximum absolute atomic E-state index is 12.2. The minimum atomic E-state index is -0.362. The third kappa shape index (κ3) is 2.56. The van der Waals surface area contributed by atoms with Crippen LogP contribution in [0.3, 0.4) is 0 Å². The van der Waals surface area contributed by atoms with Crippen molar-refractivity contribution < 1.29 is 15.0 Å². The Labute approximate surface area is 106 Å². The molecule has 1 amide bonds. The topological polar surface area (TPSA) is 72.8 Å². The molecule has 1 aromatic rings. The van der Waals surface area contributed by atoms with Crippen LogP contribution in [-0.2, 0) is 0 Å². The van der Waals surface area contributed by atoms with Gasteiger partial charge in [0.25, 0.3) is 5.91 Å². The number of carbonyl (C=O) groups excluding carboxylic acids is 1. The summed E-state index contributed by atoms with van der Waals surface area (Å²) in [5.41, 5.74) is -0.0296. The predicted molar refractivity (Wildman–Crippen MR) is 67.8 cm³/mol. The van der Waals surface area contributed by atoms with Crippen LogP contribution in [0.25, 0.3) is 0 Å². The van der Waals surface area contributed by atoms with Gasteiger partial charge >= 0.3 is 0 Å². The summed E-state index contributed by atoms with van der Waals surface area (Å²) in [5.74, 6) is -0.739. The molecule has 3 N–H and O–H groups in total. The summed E-state index contributed by atoms with van der Waals surface area (Å²) < 4.78 is 0. The number of benzene rings is 1. The van der Waals surface area contributed by atoms with Crippen LogP contribution in [0.15, 0.2) is 18.2 Å². The first-order chi connectivity index (χ1) is 8.59. The van der Waals surface area contributed by atoms with Gasteiger partial charge in [-0.15, -0.1) is 0 Å². The number of amides is 1. The van der Waals surface area contributed by atoms with Crippen LogP contribution in [0.2, 0.25) is 0 Å². The number of hydrogen-bond donors (Lipinski definition) is 3. The van der Waals surface area contributed by atoms with E-state index >= 15 is 0 Å². The van der Waals surface area contributed by atoms with Gasteiger partial charge in [0.1, 0.15) is 17.1 Å². The Morgan fingerprint density at radius 3 is 2.67 bits per heavy atom. The maximum Gasteiger partial charge on any atom is 0.261 e. The van der Waals surface area contributed by atoms with E-state index < -0.39 is 0 Å². The van der Waals surface area contributed by atoms with Gasteiger partial charge in [-0.25, -0.2) is 0 Å². The summed E-state index contributed by atoms with van der Waals surface area (Å²) >= 11 is 0. The fraction of sp³-hybridized carbons (Fsp3) is 0.462. The SMILES string of the molecule is CN(CC1CCCN1)C(=O)c1c(O)cccc1O. The molecule has 1 aromatic carbocycles. The normalized spacial score (nSPS) is 18.8. The molecule has 0 aliphatic carbocycles. The van der Waals surface area contributed by atoms with Gasteiger partial charge in [-0.3, -0.25) is 4.79 Å². The molecule has 2 rings (SSSR count). The minimum Gasteiger partial charge on any atom is -0.507 e. The second-order valence-corrected chi connectivity index (χ2v) is 4.65. The Morgan fingerprint density at radius 1 is 1.44 bits per heavy atom. The van der Waals surface area contributed by atoms with Crippen molar-refractivity contribution in [3.63, 3.8) is 0 Å².